The molecule has 1 atom stereocenters. The zero-order valence-corrected chi connectivity index (χ0v) is 7.80. The summed E-state index contributed by atoms with van der Waals surface area (Å²) in [6.07, 6.45) is -4.43. The van der Waals surface area contributed by atoms with Gasteiger partial charge in [-0.25, -0.2) is 0 Å². The first kappa shape index (κ1) is 10.9. The molecule has 0 spiro atoms. The Balaban J connectivity index is 2.25. The molecular formula is C6H6Cl2F3NO. The summed E-state index contributed by atoms with van der Waals surface area (Å²) in [6.45, 7) is -0.134. The van der Waals surface area contributed by atoms with Crippen molar-refractivity contribution in [1.82, 2.24) is 5.32 Å². The average molecular weight is 236 g/mol. The number of rotatable bonds is 2. The van der Waals surface area contributed by atoms with E-state index in [4.69, 9.17) is 23.2 Å². The van der Waals surface area contributed by atoms with Gasteiger partial charge in [-0.2, -0.15) is 13.2 Å². The van der Waals surface area contributed by atoms with E-state index in [9.17, 15) is 18.0 Å². The van der Waals surface area contributed by atoms with E-state index in [0.717, 1.165) is 0 Å². The van der Waals surface area contributed by atoms with Crippen molar-refractivity contribution >= 4 is 29.1 Å². The first-order chi connectivity index (χ1) is 5.73. The van der Waals surface area contributed by atoms with E-state index in [0.29, 0.717) is 6.42 Å². The summed E-state index contributed by atoms with van der Waals surface area (Å²) >= 11 is 11.1. The number of halogens is 5. The molecule has 0 radical (unpaired) electrons. The Kier molecular flexibility index (Phi) is 2.69. The van der Waals surface area contributed by atoms with Gasteiger partial charge in [0.05, 0.1) is 0 Å². The third kappa shape index (κ3) is 2.91. The Hall–Kier alpha value is -0.160. The monoisotopic (exact) mass is 235 g/mol. The Labute approximate surface area is 82.4 Å². The minimum Gasteiger partial charge on any atom is -0.348 e. The smallest absolute Gasteiger partial charge is 0.348 e. The van der Waals surface area contributed by atoms with Crippen molar-refractivity contribution in [3.05, 3.63) is 0 Å². The maximum Gasteiger partial charge on any atom is 0.471 e. The van der Waals surface area contributed by atoms with Crippen LogP contribution in [0.25, 0.3) is 0 Å². The van der Waals surface area contributed by atoms with Crippen LogP contribution in [-0.2, 0) is 4.79 Å². The minimum absolute atomic E-state index is 0.134. The van der Waals surface area contributed by atoms with Gasteiger partial charge < -0.3 is 5.32 Å². The highest BCUT2D eigenvalue weighted by Crippen LogP contribution is 2.52. The maximum absolute atomic E-state index is 11.6. The Morgan fingerprint density at radius 2 is 2.00 bits per heavy atom. The molecule has 1 aliphatic carbocycles. The second kappa shape index (κ2) is 3.20. The topological polar surface area (TPSA) is 29.1 Å². The number of hydrogen-bond acceptors (Lipinski definition) is 1. The standard InChI is InChI=1S/C6H6Cl2F3NO/c7-5(8)1-3(5)2-12-4(13)6(9,10)11/h3H,1-2H2,(H,12,13). The molecule has 0 aromatic heterocycles. The van der Waals surface area contributed by atoms with Gasteiger partial charge in [-0.1, -0.05) is 0 Å². The van der Waals surface area contributed by atoms with E-state index in [1.807, 2.05) is 0 Å². The fourth-order valence-corrected chi connectivity index (χ4v) is 1.33. The molecule has 0 heterocycles. The largest absolute Gasteiger partial charge is 0.471 e. The quantitative estimate of drug-likeness (QED) is 0.728. The lowest BCUT2D eigenvalue weighted by Crippen LogP contribution is -2.38. The second-order valence-corrected chi connectivity index (χ2v) is 4.41. The number of nitrogens with one attached hydrogen (secondary N) is 1. The molecule has 0 saturated heterocycles. The van der Waals surface area contributed by atoms with Crippen LogP contribution >= 0.6 is 23.2 Å². The SMILES string of the molecule is O=C(NCC1CC1(Cl)Cl)C(F)(F)F. The average Bonchev–Trinajstić information content (AvgIpc) is 2.52. The van der Waals surface area contributed by atoms with Crippen LogP contribution in [0.5, 0.6) is 0 Å². The van der Waals surface area contributed by atoms with Crippen LogP contribution in [0.15, 0.2) is 0 Å². The Bertz CT molecular complexity index is 228. The van der Waals surface area contributed by atoms with Gasteiger partial charge in [0.2, 0.25) is 0 Å². The number of alkyl halides is 5. The molecule has 0 aliphatic heterocycles. The van der Waals surface area contributed by atoms with Gasteiger partial charge in [-0.15, -0.1) is 23.2 Å². The third-order valence-corrected chi connectivity index (χ3v) is 2.65. The second-order valence-electron chi connectivity index (χ2n) is 2.87. The zero-order chi connectivity index (χ0) is 10.3. The molecule has 1 unspecified atom stereocenters. The van der Waals surface area contributed by atoms with Crippen LogP contribution in [-0.4, -0.2) is 23.0 Å². The van der Waals surface area contributed by atoms with E-state index in [1.54, 1.807) is 5.32 Å². The van der Waals surface area contributed by atoms with Gasteiger partial charge in [0.25, 0.3) is 0 Å². The number of carbonyl (C=O) groups excluding carboxylic acids is 1. The number of hydrogen-bond donors (Lipinski definition) is 1. The van der Waals surface area contributed by atoms with Crippen molar-refractivity contribution in [3.8, 4) is 0 Å². The van der Waals surface area contributed by atoms with Gasteiger partial charge in [0.1, 0.15) is 4.33 Å². The summed E-state index contributed by atoms with van der Waals surface area (Å²) in [5, 5.41) is 1.71. The molecule has 1 amide bonds. The van der Waals surface area contributed by atoms with Gasteiger partial charge in [-0.3, -0.25) is 4.79 Å². The normalized spacial score (nSPS) is 25.5. The Morgan fingerprint density at radius 3 is 2.31 bits per heavy atom. The molecule has 76 valence electrons. The predicted octanol–water partition coefficient (Wildman–Crippen LogP) is 1.86. The fraction of sp³-hybridized carbons (Fsp3) is 0.833. The summed E-state index contributed by atoms with van der Waals surface area (Å²) in [5.74, 6) is -2.23. The lowest BCUT2D eigenvalue weighted by molar-refractivity contribution is -0.173. The molecule has 1 N–H and O–H groups in total. The molecule has 1 saturated carbocycles. The Morgan fingerprint density at radius 1 is 1.54 bits per heavy atom. The molecule has 0 aromatic carbocycles. The number of carbonyl (C=O) groups is 1. The van der Waals surface area contributed by atoms with E-state index in [-0.39, 0.29) is 12.5 Å². The van der Waals surface area contributed by atoms with Crippen molar-refractivity contribution in [2.75, 3.05) is 6.54 Å². The van der Waals surface area contributed by atoms with Crippen molar-refractivity contribution in [3.63, 3.8) is 0 Å². The predicted molar refractivity (Wildman–Crippen MR) is 41.6 cm³/mol. The summed E-state index contributed by atoms with van der Waals surface area (Å²) in [6, 6.07) is 0. The van der Waals surface area contributed by atoms with Crippen LogP contribution in [0, 0.1) is 5.92 Å². The zero-order valence-electron chi connectivity index (χ0n) is 6.29. The molecular weight excluding hydrogens is 230 g/mol. The molecule has 1 aliphatic rings. The molecule has 1 fully saturated rings. The summed E-state index contributed by atoms with van der Waals surface area (Å²) in [5.41, 5.74) is 0. The van der Waals surface area contributed by atoms with Crippen LogP contribution in [0.2, 0.25) is 0 Å². The van der Waals surface area contributed by atoms with Gasteiger partial charge in [0.15, 0.2) is 0 Å². The highest BCUT2D eigenvalue weighted by molar-refractivity contribution is 6.50. The summed E-state index contributed by atoms with van der Waals surface area (Å²) < 4.78 is 33.9. The highest BCUT2D eigenvalue weighted by atomic mass is 35.5. The molecule has 2 nitrogen and oxygen atoms in total. The fourth-order valence-electron chi connectivity index (χ4n) is 0.807. The molecule has 0 bridgehead atoms. The van der Waals surface area contributed by atoms with Crippen LogP contribution in [0.4, 0.5) is 13.2 Å². The third-order valence-electron chi connectivity index (χ3n) is 1.72. The first-order valence-corrected chi connectivity index (χ1v) is 4.22. The van der Waals surface area contributed by atoms with Crippen molar-refractivity contribution in [2.45, 2.75) is 16.9 Å². The highest BCUT2D eigenvalue weighted by Gasteiger charge is 2.52. The van der Waals surface area contributed by atoms with E-state index in [2.05, 4.69) is 0 Å². The molecule has 0 aromatic rings. The van der Waals surface area contributed by atoms with E-state index >= 15 is 0 Å². The van der Waals surface area contributed by atoms with Crippen molar-refractivity contribution in [1.29, 1.82) is 0 Å². The molecule has 13 heavy (non-hydrogen) atoms. The lowest BCUT2D eigenvalue weighted by Gasteiger charge is -2.07. The lowest BCUT2D eigenvalue weighted by atomic mass is 10.4. The van der Waals surface area contributed by atoms with E-state index < -0.39 is 16.4 Å². The van der Waals surface area contributed by atoms with Gasteiger partial charge >= 0.3 is 12.1 Å². The first-order valence-electron chi connectivity index (χ1n) is 3.46. The van der Waals surface area contributed by atoms with Crippen LogP contribution in [0.1, 0.15) is 6.42 Å². The van der Waals surface area contributed by atoms with Gasteiger partial charge in [-0.05, 0) is 6.42 Å². The van der Waals surface area contributed by atoms with Crippen molar-refractivity contribution < 1.29 is 18.0 Å². The summed E-state index contributed by atoms with van der Waals surface area (Å²) in [4.78, 5) is 10.3. The number of amides is 1. The van der Waals surface area contributed by atoms with Crippen LogP contribution in [0.3, 0.4) is 0 Å². The van der Waals surface area contributed by atoms with Gasteiger partial charge in [0, 0.05) is 12.5 Å². The minimum atomic E-state index is -4.84. The van der Waals surface area contributed by atoms with Crippen LogP contribution < -0.4 is 5.32 Å². The summed E-state index contributed by atoms with van der Waals surface area (Å²) in [7, 11) is 0. The molecule has 1 rings (SSSR count). The van der Waals surface area contributed by atoms with Crippen molar-refractivity contribution in [2.24, 2.45) is 5.92 Å². The van der Waals surface area contributed by atoms with E-state index in [1.165, 1.54) is 0 Å². The maximum atomic E-state index is 11.6. The molecule has 7 heteroatoms.